The summed E-state index contributed by atoms with van der Waals surface area (Å²) in [6.07, 6.45) is 4.17. The maximum atomic E-state index is 5.35. The molecule has 1 aliphatic heterocycles. The number of rotatable bonds is 4. The van der Waals surface area contributed by atoms with Crippen molar-refractivity contribution in [3.8, 4) is 11.4 Å². The van der Waals surface area contributed by atoms with Gasteiger partial charge < -0.3 is 9.26 Å². The first-order valence-electron chi connectivity index (χ1n) is 7.21. The van der Waals surface area contributed by atoms with Crippen molar-refractivity contribution in [2.75, 3.05) is 13.2 Å². The molecule has 1 fully saturated rings. The van der Waals surface area contributed by atoms with Crippen molar-refractivity contribution >= 4 is 0 Å². The molecule has 2 aromatic heterocycles. The minimum atomic E-state index is 0.229. The largest absolute Gasteiger partial charge is 0.381 e. The average Bonchev–Trinajstić information content (AvgIpc) is 3.30. The molecule has 0 amide bonds. The number of hydrogen-bond acceptors (Lipinski definition) is 6. The number of aromatic nitrogens is 5. The van der Waals surface area contributed by atoms with Gasteiger partial charge in [0.25, 0.3) is 0 Å². The fourth-order valence-corrected chi connectivity index (χ4v) is 2.51. The van der Waals surface area contributed by atoms with Crippen LogP contribution in [-0.2, 0) is 11.3 Å². The normalized spacial score (nSPS) is 17.9. The van der Waals surface area contributed by atoms with Crippen LogP contribution in [0.4, 0.5) is 0 Å². The molecule has 4 rings (SSSR count). The molecule has 0 saturated carbocycles. The molecular formula is C15H15N5O2. The molecule has 0 unspecified atom stereocenters. The van der Waals surface area contributed by atoms with E-state index in [4.69, 9.17) is 9.26 Å². The molecule has 0 spiro atoms. The van der Waals surface area contributed by atoms with E-state index in [9.17, 15) is 0 Å². The third-order valence-corrected chi connectivity index (χ3v) is 3.74. The summed E-state index contributed by atoms with van der Waals surface area (Å²) in [6.45, 7) is 2.12. The van der Waals surface area contributed by atoms with Crippen LogP contribution in [0, 0.1) is 0 Å². The Morgan fingerprint density at radius 1 is 1.23 bits per heavy atom. The van der Waals surface area contributed by atoms with Gasteiger partial charge in [-0.2, -0.15) is 10.1 Å². The maximum absolute atomic E-state index is 5.35. The monoisotopic (exact) mass is 297 g/mol. The van der Waals surface area contributed by atoms with Crippen LogP contribution in [0.3, 0.4) is 0 Å². The van der Waals surface area contributed by atoms with Gasteiger partial charge in [-0.25, -0.2) is 9.67 Å². The predicted molar refractivity (Wildman–Crippen MR) is 77.0 cm³/mol. The Bertz CT molecular complexity index is 730. The van der Waals surface area contributed by atoms with Gasteiger partial charge in [0.2, 0.25) is 11.7 Å². The van der Waals surface area contributed by atoms with Gasteiger partial charge in [0.1, 0.15) is 12.7 Å². The van der Waals surface area contributed by atoms with Gasteiger partial charge in [-0.1, -0.05) is 29.4 Å². The van der Waals surface area contributed by atoms with Crippen molar-refractivity contribution in [1.82, 2.24) is 24.9 Å². The van der Waals surface area contributed by atoms with Crippen molar-refractivity contribution in [2.24, 2.45) is 0 Å². The number of benzene rings is 1. The molecule has 1 saturated heterocycles. The first-order chi connectivity index (χ1) is 10.9. The van der Waals surface area contributed by atoms with E-state index in [1.807, 2.05) is 24.3 Å². The average molecular weight is 297 g/mol. The van der Waals surface area contributed by atoms with E-state index in [1.165, 1.54) is 6.33 Å². The van der Waals surface area contributed by atoms with Gasteiger partial charge in [0, 0.05) is 12.2 Å². The van der Waals surface area contributed by atoms with Crippen LogP contribution in [0.2, 0.25) is 0 Å². The van der Waals surface area contributed by atoms with Gasteiger partial charge in [0.15, 0.2) is 0 Å². The second kappa shape index (κ2) is 5.69. The molecule has 3 aromatic rings. The van der Waals surface area contributed by atoms with E-state index in [0.29, 0.717) is 24.9 Å². The molecule has 1 atom stereocenters. The Labute approximate surface area is 126 Å². The molecule has 7 heteroatoms. The van der Waals surface area contributed by atoms with Crippen LogP contribution in [0.25, 0.3) is 11.4 Å². The molecule has 22 heavy (non-hydrogen) atoms. The Morgan fingerprint density at radius 2 is 2.14 bits per heavy atom. The van der Waals surface area contributed by atoms with Crippen LogP contribution < -0.4 is 0 Å². The molecule has 7 nitrogen and oxygen atoms in total. The zero-order valence-electron chi connectivity index (χ0n) is 11.9. The van der Waals surface area contributed by atoms with Gasteiger partial charge in [-0.3, -0.25) is 0 Å². The summed E-state index contributed by atoms with van der Waals surface area (Å²) < 4.78 is 12.5. The van der Waals surface area contributed by atoms with Crippen LogP contribution in [0.1, 0.15) is 23.8 Å². The lowest BCUT2D eigenvalue weighted by Crippen LogP contribution is -1.99. The van der Waals surface area contributed by atoms with Crippen molar-refractivity contribution in [1.29, 1.82) is 0 Å². The summed E-state index contributed by atoms with van der Waals surface area (Å²) in [6, 6.07) is 8.05. The predicted octanol–water partition coefficient (Wildman–Crippen LogP) is 1.88. The first kappa shape index (κ1) is 13.1. The lowest BCUT2D eigenvalue weighted by molar-refractivity contribution is 0.189. The highest BCUT2D eigenvalue weighted by atomic mass is 16.5. The number of ether oxygens (including phenoxy) is 1. The molecule has 1 aliphatic rings. The summed E-state index contributed by atoms with van der Waals surface area (Å²) in [4.78, 5) is 8.42. The van der Waals surface area contributed by atoms with Crippen LogP contribution in [-0.4, -0.2) is 38.1 Å². The summed E-state index contributed by atoms with van der Waals surface area (Å²) >= 11 is 0. The summed E-state index contributed by atoms with van der Waals surface area (Å²) in [5.74, 6) is 1.52. The third kappa shape index (κ3) is 2.62. The second-order valence-electron chi connectivity index (χ2n) is 5.31. The molecule has 0 aliphatic carbocycles. The van der Waals surface area contributed by atoms with Gasteiger partial charge >= 0.3 is 0 Å². The van der Waals surface area contributed by atoms with Crippen molar-refractivity contribution in [3.05, 3.63) is 48.4 Å². The fraction of sp³-hybridized carbons (Fsp3) is 0.333. The zero-order chi connectivity index (χ0) is 14.8. The Kier molecular flexibility index (Phi) is 3.40. The highest BCUT2D eigenvalue weighted by Gasteiger charge is 2.24. The molecule has 112 valence electrons. The lowest BCUT2D eigenvalue weighted by Gasteiger charge is -2.02. The Balaban J connectivity index is 1.50. The van der Waals surface area contributed by atoms with E-state index in [1.54, 1.807) is 11.0 Å². The number of nitrogens with zero attached hydrogens (tertiary/aromatic N) is 5. The first-order valence-corrected chi connectivity index (χ1v) is 7.21. The molecule has 0 N–H and O–H groups in total. The maximum Gasteiger partial charge on any atom is 0.232 e. The van der Waals surface area contributed by atoms with Gasteiger partial charge in [0.05, 0.1) is 19.1 Å². The molecule has 0 radical (unpaired) electrons. The van der Waals surface area contributed by atoms with E-state index >= 15 is 0 Å². The summed E-state index contributed by atoms with van der Waals surface area (Å²) in [5, 5.41) is 8.16. The minimum Gasteiger partial charge on any atom is -0.381 e. The fourth-order valence-electron chi connectivity index (χ4n) is 2.51. The zero-order valence-corrected chi connectivity index (χ0v) is 11.9. The smallest absolute Gasteiger partial charge is 0.232 e. The quantitative estimate of drug-likeness (QED) is 0.731. The van der Waals surface area contributed by atoms with Crippen LogP contribution >= 0.6 is 0 Å². The molecule has 3 heterocycles. The Morgan fingerprint density at radius 3 is 2.86 bits per heavy atom. The van der Waals surface area contributed by atoms with Crippen molar-refractivity contribution < 1.29 is 9.26 Å². The Hall–Kier alpha value is -2.54. The highest BCUT2D eigenvalue weighted by Crippen LogP contribution is 2.26. The van der Waals surface area contributed by atoms with E-state index in [2.05, 4.69) is 20.2 Å². The van der Waals surface area contributed by atoms with Crippen molar-refractivity contribution in [2.45, 2.75) is 18.9 Å². The standard InChI is InChI=1S/C15H15N5O2/c1-3-12(4-2-11(1)7-20-10-16-9-17-20)14-18-15(22-19-14)13-5-6-21-8-13/h1-4,9-10,13H,5-8H2/t13-/m0/s1. The lowest BCUT2D eigenvalue weighted by atomic mass is 10.1. The van der Waals surface area contributed by atoms with Crippen molar-refractivity contribution in [3.63, 3.8) is 0 Å². The molecule has 0 bridgehead atoms. The van der Waals surface area contributed by atoms with Gasteiger partial charge in [-0.05, 0) is 12.0 Å². The topological polar surface area (TPSA) is 78.9 Å². The van der Waals surface area contributed by atoms with E-state index in [-0.39, 0.29) is 5.92 Å². The molecule has 1 aromatic carbocycles. The third-order valence-electron chi connectivity index (χ3n) is 3.74. The van der Waals surface area contributed by atoms with Crippen LogP contribution in [0.15, 0.2) is 41.4 Å². The van der Waals surface area contributed by atoms with E-state index in [0.717, 1.165) is 24.2 Å². The second-order valence-corrected chi connectivity index (χ2v) is 5.31. The number of hydrogen-bond donors (Lipinski definition) is 0. The minimum absolute atomic E-state index is 0.229. The van der Waals surface area contributed by atoms with Gasteiger partial charge in [-0.15, -0.1) is 0 Å². The summed E-state index contributed by atoms with van der Waals surface area (Å²) in [7, 11) is 0. The SMILES string of the molecule is c1ncn(Cc2ccc(-c3noc([C@H]4CCOC4)n3)cc2)n1. The molecular weight excluding hydrogens is 282 g/mol. The van der Waals surface area contributed by atoms with E-state index < -0.39 is 0 Å². The summed E-state index contributed by atoms with van der Waals surface area (Å²) in [5.41, 5.74) is 2.08. The highest BCUT2D eigenvalue weighted by molar-refractivity contribution is 5.54. The van der Waals surface area contributed by atoms with Crippen LogP contribution in [0.5, 0.6) is 0 Å².